The minimum absolute atomic E-state index is 0.281. The summed E-state index contributed by atoms with van der Waals surface area (Å²) in [5.74, 6) is 1.12. The minimum atomic E-state index is 0.281. The molecule has 132 valence electrons. The van der Waals surface area contributed by atoms with E-state index in [9.17, 15) is 0 Å². The Bertz CT molecular complexity index is 1200. The molecule has 0 saturated heterocycles. The molecular formula is C18H8Cl3N5O. The second-order valence-corrected chi connectivity index (χ2v) is 6.76. The highest BCUT2D eigenvalue weighted by Crippen LogP contribution is 2.30. The predicted octanol–water partition coefficient (Wildman–Crippen LogP) is 5.42. The molecule has 0 spiro atoms. The second-order valence-electron chi connectivity index (χ2n) is 5.48. The lowest BCUT2D eigenvalue weighted by molar-refractivity contribution is 0.453. The summed E-state index contributed by atoms with van der Waals surface area (Å²) in [7, 11) is 0. The lowest BCUT2D eigenvalue weighted by Crippen LogP contribution is -1.98. The van der Waals surface area contributed by atoms with Crippen molar-refractivity contribution in [2.75, 3.05) is 0 Å². The van der Waals surface area contributed by atoms with E-state index in [1.165, 1.54) is 10.6 Å². The molecule has 2 aromatic heterocycles. The van der Waals surface area contributed by atoms with Crippen LogP contribution in [0.25, 0.3) is 17.0 Å². The van der Waals surface area contributed by atoms with Gasteiger partial charge in [0.25, 0.3) is 0 Å². The maximum absolute atomic E-state index is 8.92. The van der Waals surface area contributed by atoms with Crippen LogP contribution < -0.4 is 4.74 Å². The molecule has 0 radical (unpaired) electrons. The minimum Gasteiger partial charge on any atom is -0.436 e. The van der Waals surface area contributed by atoms with E-state index in [4.69, 9.17) is 44.8 Å². The number of hydrogen-bond acceptors (Lipinski definition) is 5. The van der Waals surface area contributed by atoms with Crippen LogP contribution in [0.3, 0.4) is 0 Å². The van der Waals surface area contributed by atoms with Gasteiger partial charge in [0.1, 0.15) is 5.75 Å². The number of ether oxygens (including phenoxy) is 1. The van der Waals surface area contributed by atoms with E-state index in [2.05, 4.69) is 15.3 Å². The van der Waals surface area contributed by atoms with Gasteiger partial charge in [0.15, 0.2) is 11.5 Å². The van der Waals surface area contributed by atoms with Gasteiger partial charge in [-0.2, -0.15) is 9.78 Å². The third-order valence-electron chi connectivity index (χ3n) is 3.63. The number of benzene rings is 2. The summed E-state index contributed by atoms with van der Waals surface area (Å²) < 4.78 is 7.27. The SMILES string of the molecule is N#Cc1ccc(Oc2ccc3nnc(-c4cc(Cl)cc(Cl)c4)n3n2)c(Cl)c1. The zero-order valence-corrected chi connectivity index (χ0v) is 15.7. The molecular weight excluding hydrogens is 409 g/mol. The van der Waals surface area contributed by atoms with E-state index in [1.54, 1.807) is 42.5 Å². The van der Waals surface area contributed by atoms with Crippen LogP contribution in [0.4, 0.5) is 0 Å². The van der Waals surface area contributed by atoms with Crippen LogP contribution in [-0.2, 0) is 0 Å². The van der Waals surface area contributed by atoms with Gasteiger partial charge in [0, 0.05) is 21.7 Å². The zero-order chi connectivity index (χ0) is 19.0. The first-order valence-electron chi connectivity index (χ1n) is 7.60. The maximum atomic E-state index is 8.92. The van der Waals surface area contributed by atoms with E-state index >= 15 is 0 Å². The Hall–Kier alpha value is -2.85. The first kappa shape index (κ1) is 17.6. The van der Waals surface area contributed by atoms with Crippen LogP contribution in [0.1, 0.15) is 5.56 Å². The van der Waals surface area contributed by atoms with Crippen molar-refractivity contribution >= 4 is 40.4 Å². The van der Waals surface area contributed by atoms with Gasteiger partial charge < -0.3 is 4.74 Å². The Morgan fingerprint density at radius 1 is 0.926 bits per heavy atom. The summed E-state index contributed by atoms with van der Waals surface area (Å²) >= 11 is 18.3. The molecule has 2 heterocycles. The summed E-state index contributed by atoms with van der Waals surface area (Å²) in [5, 5.41) is 22.8. The third kappa shape index (κ3) is 3.53. The predicted molar refractivity (Wildman–Crippen MR) is 102 cm³/mol. The molecule has 4 aromatic rings. The molecule has 0 aliphatic rings. The normalized spacial score (nSPS) is 10.7. The lowest BCUT2D eigenvalue weighted by Gasteiger charge is -2.07. The van der Waals surface area contributed by atoms with E-state index in [-0.39, 0.29) is 5.88 Å². The first-order chi connectivity index (χ1) is 13.0. The quantitative estimate of drug-likeness (QED) is 0.446. The zero-order valence-electron chi connectivity index (χ0n) is 13.4. The Morgan fingerprint density at radius 3 is 2.41 bits per heavy atom. The highest BCUT2D eigenvalue weighted by Gasteiger charge is 2.13. The van der Waals surface area contributed by atoms with Crippen molar-refractivity contribution in [3.05, 3.63) is 69.2 Å². The summed E-state index contributed by atoms with van der Waals surface area (Å²) in [6.07, 6.45) is 0. The van der Waals surface area contributed by atoms with Gasteiger partial charge in [0.05, 0.1) is 16.7 Å². The molecule has 0 unspecified atom stereocenters. The Balaban J connectivity index is 1.75. The Labute approximate surface area is 168 Å². The average Bonchev–Trinajstić information content (AvgIpc) is 3.06. The fraction of sp³-hybridized carbons (Fsp3) is 0. The van der Waals surface area contributed by atoms with Gasteiger partial charge in [0.2, 0.25) is 5.88 Å². The van der Waals surface area contributed by atoms with Gasteiger partial charge in [-0.25, -0.2) is 0 Å². The Morgan fingerprint density at radius 2 is 1.70 bits per heavy atom. The van der Waals surface area contributed by atoms with Crippen molar-refractivity contribution in [3.8, 4) is 29.1 Å². The van der Waals surface area contributed by atoms with Gasteiger partial charge in [-0.05, 0) is 42.5 Å². The molecule has 0 saturated carbocycles. The van der Waals surface area contributed by atoms with Crippen LogP contribution >= 0.6 is 34.8 Å². The molecule has 0 aliphatic heterocycles. The van der Waals surface area contributed by atoms with E-state index in [1.807, 2.05) is 6.07 Å². The number of hydrogen-bond donors (Lipinski definition) is 0. The van der Waals surface area contributed by atoms with Crippen LogP contribution in [0, 0.1) is 11.3 Å². The first-order valence-corrected chi connectivity index (χ1v) is 8.73. The number of rotatable bonds is 3. The number of nitriles is 1. The molecule has 2 aromatic carbocycles. The van der Waals surface area contributed by atoms with E-state index < -0.39 is 0 Å². The van der Waals surface area contributed by atoms with Crippen molar-refractivity contribution < 1.29 is 4.74 Å². The highest BCUT2D eigenvalue weighted by atomic mass is 35.5. The summed E-state index contributed by atoms with van der Waals surface area (Å²) in [6.45, 7) is 0. The van der Waals surface area contributed by atoms with Gasteiger partial charge in [-0.1, -0.05) is 34.8 Å². The van der Waals surface area contributed by atoms with E-state index in [0.29, 0.717) is 43.4 Å². The molecule has 9 heteroatoms. The van der Waals surface area contributed by atoms with E-state index in [0.717, 1.165) is 0 Å². The highest BCUT2D eigenvalue weighted by molar-refractivity contribution is 6.35. The third-order valence-corrected chi connectivity index (χ3v) is 4.37. The molecule has 6 nitrogen and oxygen atoms in total. The van der Waals surface area contributed by atoms with Gasteiger partial charge >= 0.3 is 0 Å². The van der Waals surface area contributed by atoms with Crippen molar-refractivity contribution in [1.29, 1.82) is 5.26 Å². The van der Waals surface area contributed by atoms with Crippen LogP contribution in [-0.4, -0.2) is 19.8 Å². The molecule has 0 bridgehead atoms. The molecule has 0 amide bonds. The van der Waals surface area contributed by atoms with Crippen LogP contribution in [0.5, 0.6) is 11.6 Å². The fourth-order valence-electron chi connectivity index (χ4n) is 2.46. The number of aromatic nitrogens is 4. The largest absolute Gasteiger partial charge is 0.436 e. The van der Waals surface area contributed by atoms with Gasteiger partial charge in [-0.15, -0.1) is 15.3 Å². The molecule has 4 rings (SSSR count). The Kier molecular flexibility index (Phi) is 4.58. The smallest absolute Gasteiger partial charge is 0.237 e. The summed E-state index contributed by atoms with van der Waals surface area (Å²) in [5.41, 5.74) is 1.63. The summed E-state index contributed by atoms with van der Waals surface area (Å²) in [4.78, 5) is 0. The molecule has 27 heavy (non-hydrogen) atoms. The number of halogens is 3. The fourth-order valence-corrected chi connectivity index (χ4v) is 3.20. The van der Waals surface area contributed by atoms with Crippen molar-refractivity contribution in [3.63, 3.8) is 0 Å². The molecule has 0 atom stereocenters. The number of nitrogens with zero attached hydrogens (tertiary/aromatic N) is 5. The van der Waals surface area contributed by atoms with Crippen molar-refractivity contribution in [1.82, 2.24) is 19.8 Å². The number of fused-ring (bicyclic) bond motifs is 1. The lowest BCUT2D eigenvalue weighted by atomic mass is 10.2. The summed E-state index contributed by atoms with van der Waals surface area (Å²) in [6, 6.07) is 15.2. The van der Waals surface area contributed by atoms with Crippen LogP contribution in [0.15, 0.2) is 48.5 Å². The topological polar surface area (TPSA) is 76.1 Å². The standard InChI is InChI=1S/C18H8Cl3N5O/c19-12-6-11(7-13(20)8-12)18-24-23-16-3-4-17(25-26(16)18)27-15-2-1-10(9-22)5-14(15)21/h1-8H. The maximum Gasteiger partial charge on any atom is 0.237 e. The monoisotopic (exact) mass is 415 g/mol. The van der Waals surface area contributed by atoms with Gasteiger partial charge in [-0.3, -0.25) is 0 Å². The molecule has 0 N–H and O–H groups in total. The van der Waals surface area contributed by atoms with Crippen molar-refractivity contribution in [2.24, 2.45) is 0 Å². The average molecular weight is 417 g/mol. The molecule has 0 fully saturated rings. The van der Waals surface area contributed by atoms with Crippen molar-refractivity contribution in [2.45, 2.75) is 0 Å². The second kappa shape index (κ2) is 7.05. The molecule has 0 aliphatic carbocycles. The van der Waals surface area contributed by atoms with Crippen LogP contribution in [0.2, 0.25) is 15.1 Å².